The summed E-state index contributed by atoms with van der Waals surface area (Å²) in [4.78, 5) is 17.4. The fourth-order valence-corrected chi connectivity index (χ4v) is 2.73. The molecule has 3 rings (SSSR count). The molecular formula is C17H16N4OS. The third kappa shape index (κ3) is 2.80. The van der Waals surface area contributed by atoms with Gasteiger partial charge in [-0.05, 0) is 55.9 Å². The zero-order chi connectivity index (χ0) is 16.6. The molecule has 2 aromatic carbocycles. The van der Waals surface area contributed by atoms with E-state index in [0.717, 1.165) is 11.3 Å². The van der Waals surface area contributed by atoms with Crippen molar-refractivity contribution < 1.29 is 0 Å². The van der Waals surface area contributed by atoms with Crippen molar-refractivity contribution in [2.75, 3.05) is 5.32 Å². The fraction of sp³-hybridized carbons (Fsp3) is 0.118. The van der Waals surface area contributed by atoms with Crippen LogP contribution in [0.4, 0.5) is 5.69 Å². The van der Waals surface area contributed by atoms with Crippen LogP contribution in [0.5, 0.6) is 0 Å². The Labute approximate surface area is 138 Å². The van der Waals surface area contributed by atoms with Gasteiger partial charge in [-0.25, -0.2) is 4.98 Å². The van der Waals surface area contributed by atoms with Crippen LogP contribution in [0.25, 0.3) is 16.6 Å². The molecule has 0 aliphatic carbocycles. The molecule has 0 aliphatic heterocycles. The Balaban J connectivity index is 2.25. The lowest BCUT2D eigenvalue weighted by molar-refractivity contribution is 0.888. The first-order chi connectivity index (χ1) is 11.0. The maximum absolute atomic E-state index is 12.9. The molecule has 0 atom stereocenters. The minimum absolute atomic E-state index is 0.0938. The van der Waals surface area contributed by atoms with E-state index in [-0.39, 0.29) is 10.7 Å². The number of rotatable bonds is 2. The van der Waals surface area contributed by atoms with E-state index in [9.17, 15) is 4.79 Å². The summed E-state index contributed by atoms with van der Waals surface area (Å²) in [5.41, 5.74) is 8.57. The molecule has 116 valence electrons. The molecule has 0 unspecified atom stereocenters. The van der Waals surface area contributed by atoms with Crippen LogP contribution in [-0.2, 0) is 0 Å². The Morgan fingerprint density at radius 1 is 1.22 bits per heavy atom. The zero-order valence-electron chi connectivity index (χ0n) is 12.8. The second-order valence-corrected chi connectivity index (χ2v) is 5.75. The maximum Gasteiger partial charge on any atom is 0.265 e. The Morgan fingerprint density at radius 3 is 2.65 bits per heavy atom. The highest BCUT2D eigenvalue weighted by atomic mass is 32.1. The summed E-state index contributed by atoms with van der Waals surface area (Å²) in [6, 6.07) is 13.0. The Hall–Kier alpha value is -2.73. The number of nitrogens with zero attached hydrogens (tertiary/aromatic N) is 2. The van der Waals surface area contributed by atoms with E-state index in [1.54, 1.807) is 22.8 Å². The largest absolute Gasteiger partial charge is 0.376 e. The predicted octanol–water partition coefficient (Wildman–Crippen LogP) is 2.66. The van der Waals surface area contributed by atoms with E-state index in [4.69, 9.17) is 18.0 Å². The Bertz CT molecular complexity index is 978. The van der Waals surface area contributed by atoms with E-state index in [0.29, 0.717) is 22.4 Å². The van der Waals surface area contributed by atoms with Gasteiger partial charge in [0, 0.05) is 5.69 Å². The van der Waals surface area contributed by atoms with Gasteiger partial charge in [0.15, 0.2) is 5.11 Å². The molecule has 0 bridgehead atoms. The third-order valence-electron chi connectivity index (χ3n) is 3.66. The third-order valence-corrected chi connectivity index (χ3v) is 3.76. The molecule has 23 heavy (non-hydrogen) atoms. The smallest absolute Gasteiger partial charge is 0.265 e. The van der Waals surface area contributed by atoms with E-state index < -0.39 is 0 Å². The van der Waals surface area contributed by atoms with Crippen molar-refractivity contribution in [2.45, 2.75) is 13.8 Å². The minimum Gasteiger partial charge on any atom is -0.376 e. The number of nitrogens with one attached hydrogen (secondary N) is 1. The first-order valence-electron chi connectivity index (χ1n) is 7.13. The lowest BCUT2D eigenvalue weighted by Gasteiger charge is -2.13. The van der Waals surface area contributed by atoms with E-state index in [2.05, 4.69) is 10.3 Å². The average Bonchev–Trinajstić information content (AvgIpc) is 2.48. The van der Waals surface area contributed by atoms with Crippen molar-refractivity contribution in [3.63, 3.8) is 0 Å². The lowest BCUT2D eigenvalue weighted by Crippen LogP contribution is -2.23. The highest BCUT2D eigenvalue weighted by Gasteiger charge is 2.11. The SMILES string of the molecule is Cc1ccccc1-n1c(C)nc2cc(NC(N)=S)ccc2c1=O. The van der Waals surface area contributed by atoms with Crippen LogP contribution < -0.4 is 16.6 Å². The van der Waals surface area contributed by atoms with Crippen LogP contribution in [0.3, 0.4) is 0 Å². The Kier molecular flexibility index (Phi) is 3.83. The van der Waals surface area contributed by atoms with Crippen molar-refractivity contribution in [3.8, 4) is 5.69 Å². The number of benzene rings is 2. The molecule has 3 aromatic rings. The van der Waals surface area contributed by atoms with Crippen molar-refractivity contribution in [2.24, 2.45) is 5.73 Å². The number of fused-ring (bicyclic) bond motifs is 1. The molecule has 3 N–H and O–H groups in total. The molecular weight excluding hydrogens is 308 g/mol. The number of nitrogens with two attached hydrogens (primary N) is 1. The fourth-order valence-electron chi connectivity index (χ4n) is 2.61. The van der Waals surface area contributed by atoms with Gasteiger partial charge in [-0.2, -0.15) is 0 Å². The molecule has 0 saturated carbocycles. The number of hydrogen-bond acceptors (Lipinski definition) is 3. The summed E-state index contributed by atoms with van der Waals surface area (Å²) < 4.78 is 1.64. The van der Waals surface area contributed by atoms with Crippen molar-refractivity contribution in [1.82, 2.24) is 9.55 Å². The normalized spacial score (nSPS) is 10.7. The van der Waals surface area contributed by atoms with Crippen molar-refractivity contribution >= 4 is 33.9 Å². The molecule has 0 amide bonds. The molecule has 0 fully saturated rings. The van der Waals surface area contributed by atoms with Crippen LogP contribution in [0.1, 0.15) is 11.4 Å². The van der Waals surface area contributed by atoms with E-state index >= 15 is 0 Å². The Morgan fingerprint density at radius 2 is 1.96 bits per heavy atom. The number of aryl methyl sites for hydroxylation is 2. The predicted molar refractivity (Wildman–Crippen MR) is 97.2 cm³/mol. The number of hydrogen-bond donors (Lipinski definition) is 2. The van der Waals surface area contributed by atoms with Gasteiger partial charge in [0.05, 0.1) is 16.6 Å². The first-order valence-corrected chi connectivity index (χ1v) is 7.54. The van der Waals surface area contributed by atoms with Gasteiger partial charge in [-0.15, -0.1) is 0 Å². The van der Waals surface area contributed by atoms with Gasteiger partial charge in [-0.3, -0.25) is 9.36 Å². The highest BCUT2D eigenvalue weighted by molar-refractivity contribution is 7.80. The van der Waals surface area contributed by atoms with Crippen LogP contribution in [0.15, 0.2) is 47.3 Å². The van der Waals surface area contributed by atoms with Gasteiger partial charge >= 0.3 is 0 Å². The summed E-state index contributed by atoms with van der Waals surface area (Å²) >= 11 is 4.83. The molecule has 5 nitrogen and oxygen atoms in total. The standard InChI is InChI=1S/C17H16N4OS/c1-10-5-3-4-6-15(10)21-11(2)19-14-9-12(20-17(18)23)7-8-13(14)16(21)22/h3-9H,1-2H3,(H3,18,20,23). The number of para-hydroxylation sites is 1. The van der Waals surface area contributed by atoms with E-state index in [1.807, 2.05) is 38.1 Å². The minimum atomic E-state index is -0.0938. The molecule has 0 spiro atoms. The van der Waals surface area contributed by atoms with Gasteiger partial charge in [0.1, 0.15) is 5.82 Å². The second-order valence-electron chi connectivity index (χ2n) is 5.31. The molecule has 1 heterocycles. The number of thiocarbonyl (C=S) groups is 1. The highest BCUT2D eigenvalue weighted by Crippen LogP contribution is 2.18. The molecule has 0 saturated heterocycles. The monoisotopic (exact) mass is 324 g/mol. The summed E-state index contributed by atoms with van der Waals surface area (Å²) in [5.74, 6) is 0.629. The molecule has 1 aromatic heterocycles. The molecule has 0 radical (unpaired) electrons. The van der Waals surface area contributed by atoms with Crippen LogP contribution in [-0.4, -0.2) is 14.7 Å². The van der Waals surface area contributed by atoms with Gasteiger partial charge in [0.2, 0.25) is 0 Å². The quantitative estimate of drug-likeness (QED) is 0.709. The summed E-state index contributed by atoms with van der Waals surface area (Å²) in [5, 5.41) is 3.58. The van der Waals surface area contributed by atoms with Gasteiger partial charge in [0.25, 0.3) is 5.56 Å². The van der Waals surface area contributed by atoms with E-state index in [1.165, 1.54) is 0 Å². The number of anilines is 1. The van der Waals surface area contributed by atoms with Crippen LogP contribution in [0, 0.1) is 13.8 Å². The average molecular weight is 324 g/mol. The topological polar surface area (TPSA) is 72.9 Å². The first kappa shape index (κ1) is 15.2. The second kappa shape index (κ2) is 5.81. The lowest BCUT2D eigenvalue weighted by atomic mass is 10.1. The number of aromatic nitrogens is 2. The van der Waals surface area contributed by atoms with Gasteiger partial charge < -0.3 is 11.1 Å². The van der Waals surface area contributed by atoms with Crippen molar-refractivity contribution in [3.05, 3.63) is 64.2 Å². The molecule has 0 aliphatic rings. The zero-order valence-corrected chi connectivity index (χ0v) is 13.6. The van der Waals surface area contributed by atoms with Crippen molar-refractivity contribution in [1.29, 1.82) is 0 Å². The summed E-state index contributed by atoms with van der Waals surface area (Å²) in [6.45, 7) is 3.79. The summed E-state index contributed by atoms with van der Waals surface area (Å²) in [7, 11) is 0. The van der Waals surface area contributed by atoms with Crippen LogP contribution in [0.2, 0.25) is 0 Å². The molecule has 6 heteroatoms. The van der Waals surface area contributed by atoms with Crippen LogP contribution >= 0.6 is 12.2 Å². The van der Waals surface area contributed by atoms with Gasteiger partial charge in [-0.1, -0.05) is 18.2 Å². The maximum atomic E-state index is 12.9. The summed E-state index contributed by atoms with van der Waals surface area (Å²) in [6.07, 6.45) is 0.